The van der Waals surface area contributed by atoms with Gasteiger partial charge in [0.15, 0.2) is 0 Å². The second-order valence-corrected chi connectivity index (χ2v) is 3.41. The van der Waals surface area contributed by atoms with Crippen LogP contribution in [0.15, 0.2) is 6.07 Å². The van der Waals surface area contributed by atoms with Crippen LogP contribution in [0.25, 0.3) is 0 Å². The van der Waals surface area contributed by atoms with Crippen molar-refractivity contribution in [1.82, 2.24) is 9.97 Å². The van der Waals surface area contributed by atoms with Gasteiger partial charge in [0.05, 0.1) is 6.61 Å². The molecule has 0 amide bonds. The molecule has 1 heterocycles. The average Bonchev–Trinajstić information content (AvgIpc) is 2.16. The van der Waals surface area contributed by atoms with Gasteiger partial charge in [0, 0.05) is 17.4 Å². The number of hydrogen-bond acceptors (Lipinski definition) is 4. The number of aromatic nitrogens is 2. The molecule has 0 saturated heterocycles. The van der Waals surface area contributed by atoms with Crippen LogP contribution < -0.4 is 5.32 Å². The minimum absolute atomic E-state index is 0.0125. The lowest BCUT2D eigenvalue weighted by Crippen LogP contribution is -2.21. The van der Waals surface area contributed by atoms with Gasteiger partial charge in [-0.15, -0.1) is 0 Å². The van der Waals surface area contributed by atoms with E-state index >= 15 is 0 Å². The Bertz CT molecular complexity index is 301. The molecule has 0 unspecified atom stereocenters. The minimum atomic E-state index is -0.0125. The van der Waals surface area contributed by atoms with E-state index in [9.17, 15) is 0 Å². The highest BCUT2D eigenvalue weighted by Crippen LogP contribution is 2.06. The quantitative estimate of drug-likeness (QED) is 0.756. The fourth-order valence-electron chi connectivity index (χ4n) is 1.15. The van der Waals surface area contributed by atoms with Gasteiger partial charge in [0.1, 0.15) is 0 Å². The van der Waals surface area contributed by atoms with E-state index in [0.717, 1.165) is 17.8 Å². The maximum atomic E-state index is 8.87. The molecule has 2 N–H and O–H groups in total. The van der Waals surface area contributed by atoms with Gasteiger partial charge >= 0.3 is 0 Å². The molecule has 0 spiro atoms. The summed E-state index contributed by atoms with van der Waals surface area (Å²) in [6, 6.07) is 1.95. The molecule has 14 heavy (non-hydrogen) atoms. The normalized spacial score (nSPS) is 12.6. The van der Waals surface area contributed by atoms with Crippen molar-refractivity contribution >= 4 is 5.95 Å². The van der Waals surface area contributed by atoms with Crippen LogP contribution in [0, 0.1) is 6.92 Å². The van der Waals surface area contributed by atoms with E-state index < -0.39 is 0 Å². The summed E-state index contributed by atoms with van der Waals surface area (Å²) in [5.41, 5.74) is 1.97. The van der Waals surface area contributed by atoms with Crippen molar-refractivity contribution in [3.8, 4) is 0 Å². The second-order valence-electron chi connectivity index (χ2n) is 3.41. The fraction of sp³-hybridized carbons (Fsp3) is 0.600. The first kappa shape index (κ1) is 10.9. The Hall–Kier alpha value is -1.16. The molecule has 4 nitrogen and oxygen atoms in total. The van der Waals surface area contributed by atoms with E-state index in [2.05, 4.69) is 22.2 Å². The summed E-state index contributed by atoms with van der Waals surface area (Å²) < 4.78 is 0. The smallest absolute Gasteiger partial charge is 0.223 e. The van der Waals surface area contributed by atoms with E-state index in [1.54, 1.807) is 0 Å². The predicted molar refractivity (Wildman–Crippen MR) is 56.3 cm³/mol. The molecule has 1 atom stereocenters. The van der Waals surface area contributed by atoms with Crippen LogP contribution in [0.1, 0.15) is 25.2 Å². The van der Waals surface area contributed by atoms with Crippen molar-refractivity contribution in [2.45, 2.75) is 33.2 Å². The van der Waals surface area contributed by atoms with Crippen molar-refractivity contribution in [3.05, 3.63) is 17.5 Å². The number of aliphatic hydroxyl groups excluding tert-OH is 1. The second kappa shape index (κ2) is 4.91. The van der Waals surface area contributed by atoms with Crippen LogP contribution >= 0.6 is 0 Å². The van der Waals surface area contributed by atoms with E-state index in [1.165, 1.54) is 0 Å². The lowest BCUT2D eigenvalue weighted by Gasteiger charge is -2.11. The first-order chi connectivity index (χ1) is 6.65. The van der Waals surface area contributed by atoms with Crippen molar-refractivity contribution in [3.63, 3.8) is 0 Å². The van der Waals surface area contributed by atoms with Crippen LogP contribution in [0.2, 0.25) is 0 Å². The molecule has 78 valence electrons. The average molecular weight is 195 g/mol. The number of anilines is 1. The van der Waals surface area contributed by atoms with E-state index in [1.807, 2.05) is 19.9 Å². The molecule has 0 aliphatic carbocycles. The molecule has 0 radical (unpaired) electrons. The first-order valence-electron chi connectivity index (χ1n) is 4.87. The van der Waals surface area contributed by atoms with E-state index in [-0.39, 0.29) is 12.6 Å². The summed E-state index contributed by atoms with van der Waals surface area (Å²) in [5.74, 6) is 0.600. The third kappa shape index (κ3) is 2.96. The Kier molecular flexibility index (Phi) is 3.83. The predicted octanol–water partition coefficient (Wildman–Crippen LogP) is 1.14. The van der Waals surface area contributed by atoms with E-state index in [0.29, 0.717) is 5.95 Å². The van der Waals surface area contributed by atoms with Gasteiger partial charge in [-0.1, -0.05) is 6.92 Å². The van der Waals surface area contributed by atoms with Crippen molar-refractivity contribution < 1.29 is 5.11 Å². The Labute approximate surface area is 84.4 Å². The Balaban J connectivity index is 2.81. The van der Waals surface area contributed by atoms with Crippen molar-refractivity contribution in [2.75, 3.05) is 11.9 Å². The molecule has 0 bridgehead atoms. The van der Waals surface area contributed by atoms with Gasteiger partial charge in [-0.2, -0.15) is 0 Å². The monoisotopic (exact) mass is 195 g/mol. The maximum Gasteiger partial charge on any atom is 0.223 e. The number of hydrogen-bond donors (Lipinski definition) is 2. The molecule has 1 aromatic rings. The summed E-state index contributed by atoms with van der Waals surface area (Å²) in [6.07, 6.45) is 0.894. The lowest BCUT2D eigenvalue weighted by molar-refractivity contribution is 0.281. The summed E-state index contributed by atoms with van der Waals surface area (Å²) in [7, 11) is 0. The maximum absolute atomic E-state index is 8.87. The Morgan fingerprint density at radius 1 is 1.50 bits per heavy atom. The Morgan fingerprint density at radius 3 is 2.79 bits per heavy atom. The minimum Gasteiger partial charge on any atom is -0.394 e. The summed E-state index contributed by atoms with van der Waals surface area (Å²) >= 11 is 0. The largest absolute Gasteiger partial charge is 0.394 e. The lowest BCUT2D eigenvalue weighted by atomic mass is 10.3. The van der Waals surface area contributed by atoms with Gasteiger partial charge < -0.3 is 10.4 Å². The molecule has 0 fully saturated rings. The third-order valence-corrected chi connectivity index (χ3v) is 1.92. The van der Waals surface area contributed by atoms with Crippen LogP contribution in [0.4, 0.5) is 5.95 Å². The summed E-state index contributed by atoms with van der Waals surface area (Å²) in [4.78, 5) is 8.54. The molecule has 1 aromatic heterocycles. The molecule has 4 heteroatoms. The van der Waals surface area contributed by atoms with Gasteiger partial charge in [-0.25, -0.2) is 9.97 Å². The van der Waals surface area contributed by atoms with Gasteiger partial charge in [0.2, 0.25) is 5.95 Å². The fourth-order valence-corrected chi connectivity index (χ4v) is 1.15. The molecule has 0 saturated carbocycles. The topological polar surface area (TPSA) is 58.0 Å². The molecular weight excluding hydrogens is 178 g/mol. The number of nitrogens with zero attached hydrogens (tertiary/aromatic N) is 2. The number of rotatable bonds is 4. The zero-order valence-corrected chi connectivity index (χ0v) is 8.91. The standard InChI is InChI=1S/C10H17N3O/c1-4-9-5-7(2)11-10(13-9)12-8(3)6-14/h5,8,14H,4,6H2,1-3H3,(H,11,12,13)/t8-/m1/s1. The van der Waals surface area contributed by atoms with E-state index in [4.69, 9.17) is 5.11 Å². The zero-order valence-electron chi connectivity index (χ0n) is 8.91. The number of nitrogens with one attached hydrogen (secondary N) is 1. The van der Waals surface area contributed by atoms with Crippen LogP contribution in [-0.4, -0.2) is 27.7 Å². The van der Waals surface area contributed by atoms with Crippen LogP contribution in [-0.2, 0) is 6.42 Å². The van der Waals surface area contributed by atoms with Crippen LogP contribution in [0.5, 0.6) is 0 Å². The van der Waals surface area contributed by atoms with Gasteiger partial charge in [-0.3, -0.25) is 0 Å². The molecule has 0 aliphatic rings. The number of aryl methyl sites for hydroxylation is 2. The summed E-state index contributed by atoms with van der Waals surface area (Å²) in [5, 5.41) is 11.9. The highest BCUT2D eigenvalue weighted by molar-refractivity contribution is 5.29. The van der Waals surface area contributed by atoms with Crippen molar-refractivity contribution in [2.24, 2.45) is 0 Å². The molecule has 0 aliphatic heterocycles. The zero-order chi connectivity index (χ0) is 10.6. The van der Waals surface area contributed by atoms with Gasteiger partial charge in [-0.05, 0) is 26.3 Å². The first-order valence-corrected chi connectivity index (χ1v) is 4.87. The highest BCUT2D eigenvalue weighted by Gasteiger charge is 2.04. The highest BCUT2D eigenvalue weighted by atomic mass is 16.3. The van der Waals surface area contributed by atoms with Crippen molar-refractivity contribution in [1.29, 1.82) is 0 Å². The summed E-state index contributed by atoms with van der Waals surface area (Å²) in [6.45, 7) is 5.97. The van der Waals surface area contributed by atoms with Gasteiger partial charge in [0.25, 0.3) is 0 Å². The third-order valence-electron chi connectivity index (χ3n) is 1.92. The molecule has 0 aromatic carbocycles. The Morgan fingerprint density at radius 2 is 2.21 bits per heavy atom. The molecule has 1 rings (SSSR count). The number of aliphatic hydroxyl groups is 1. The SMILES string of the molecule is CCc1cc(C)nc(N[C@H](C)CO)n1. The van der Waals surface area contributed by atoms with Crippen LogP contribution in [0.3, 0.4) is 0 Å². The molecular formula is C10H17N3O.